The van der Waals surface area contributed by atoms with Crippen LogP contribution < -0.4 is 0 Å². The molecule has 0 fully saturated rings. The van der Waals surface area contributed by atoms with Crippen molar-refractivity contribution in [2.45, 2.75) is 12.8 Å². The summed E-state index contributed by atoms with van der Waals surface area (Å²) in [6.45, 7) is 13.3. The zero-order chi connectivity index (χ0) is 6.12. The van der Waals surface area contributed by atoms with Gasteiger partial charge in [-0.1, -0.05) is 13.2 Å². The van der Waals surface area contributed by atoms with Crippen LogP contribution >= 0.6 is 0 Å². The van der Waals surface area contributed by atoms with Crippen LogP contribution in [0.3, 0.4) is 0 Å². The summed E-state index contributed by atoms with van der Waals surface area (Å²) in [6, 6.07) is 0. The Labute approximate surface area is 63.4 Å². The molecule has 0 N–H and O–H groups in total. The first-order valence-corrected chi connectivity index (χ1v) is 2.21. The molecule has 46 valence electrons. The van der Waals surface area contributed by atoms with Crippen LogP contribution in [0, 0.1) is 13.8 Å². The van der Waals surface area contributed by atoms with Gasteiger partial charge in [0.15, 0.2) is 0 Å². The van der Waals surface area contributed by atoms with E-state index in [0.717, 1.165) is 12.8 Å². The maximum Gasteiger partial charge on any atom is 2.00 e. The van der Waals surface area contributed by atoms with Crippen LogP contribution in [-0.2, 0) is 17.4 Å². The van der Waals surface area contributed by atoms with Gasteiger partial charge in [-0.2, -0.15) is 0 Å². The Balaban J connectivity index is -0.0000000575. The summed E-state index contributed by atoms with van der Waals surface area (Å²) in [7, 11) is 0. The van der Waals surface area contributed by atoms with E-state index in [1.54, 1.807) is 0 Å². The summed E-state index contributed by atoms with van der Waals surface area (Å²) < 4.78 is 0. The minimum absolute atomic E-state index is 0. The second kappa shape index (κ2) is 27.7. The molecule has 0 aromatic carbocycles. The van der Waals surface area contributed by atoms with Crippen LogP contribution in [0.2, 0.25) is 0 Å². The molecule has 0 nitrogen and oxygen atoms in total. The van der Waals surface area contributed by atoms with Crippen molar-refractivity contribution in [3.05, 3.63) is 32.7 Å². The first kappa shape index (κ1) is 15.7. The second-order valence-corrected chi connectivity index (χ2v) is 0.957. The van der Waals surface area contributed by atoms with Crippen molar-refractivity contribution in [2.75, 3.05) is 0 Å². The van der Waals surface area contributed by atoms with Gasteiger partial charge in [0, 0.05) is 0 Å². The molecule has 0 unspecified atom stereocenters. The normalized spacial score (nSPS) is 4.75. The van der Waals surface area contributed by atoms with E-state index in [9.17, 15) is 0 Å². The van der Waals surface area contributed by atoms with Crippen LogP contribution in [0.5, 0.6) is 0 Å². The number of rotatable bonds is 1. The van der Waals surface area contributed by atoms with Gasteiger partial charge in [-0.15, -0.1) is 5.73 Å². The maximum absolute atomic E-state index is 3.54. The molecule has 0 radical (unpaired) electrons. The molecule has 0 aromatic rings. The average Bonchev–Trinajstić information content (AvgIpc) is 1.69. The molecular formula is C7H12Cr. The molecule has 0 bridgehead atoms. The minimum atomic E-state index is 0. The summed E-state index contributed by atoms with van der Waals surface area (Å²) in [5.74, 6) is 0. The SMILES string of the molecule is C=C=C.[CH2-]CC[CH2-].[Cr+2]. The van der Waals surface area contributed by atoms with Crippen molar-refractivity contribution < 1.29 is 17.4 Å². The van der Waals surface area contributed by atoms with Gasteiger partial charge in [0.2, 0.25) is 0 Å². The fraction of sp³-hybridized carbons (Fsp3) is 0.286. The third-order valence-corrected chi connectivity index (χ3v) is 0.250. The van der Waals surface area contributed by atoms with Gasteiger partial charge in [-0.05, 0) is 0 Å². The quantitative estimate of drug-likeness (QED) is 0.395. The molecule has 0 spiro atoms. The predicted octanol–water partition coefficient (Wildman–Crippen LogP) is 2.39. The largest absolute Gasteiger partial charge is 2.00 e. The average molecular weight is 148 g/mol. The third-order valence-electron chi connectivity index (χ3n) is 0.250. The topological polar surface area (TPSA) is 0 Å². The van der Waals surface area contributed by atoms with Crippen LogP contribution in [-0.4, -0.2) is 0 Å². The van der Waals surface area contributed by atoms with Gasteiger partial charge < -0.3 is 13.8 Å². The van der Waals surface area contributed by atoms with Gasteiger partial charge >= 0.3 is 17.4 Å². The molecule has 0 aliphatic carbocycles. The summed E-state index contributed by atoms with van der Waals surface area (Å²) in [5.41, 5.74) is 2.25. The fourth-order valence-electron chi connectivity index (χ4n) is 0. The van der Waals surface area contributed by atoms with Crippen LogP contribution in [0.15, 0.2) is 18.9 Å². The first-order valence-electron chi connectivity index (χ1n) is 2.21. The van der Waals surface area contributed by atoms with Gasteiger partial charge in [-0.3, -0.25) is 0 Å². The van der Waals surface area contributed by atoms with Crippen molar-refractivity contribution in [1.82, 2.24) is 0 Å². The molecule has 0 rings (SSSR count). The van der Waals surface area contributed by atoms with Crippen molar-refractivity contribution in [2.24, 2.45) is 0 Å². The predicted molar refractivity (Wildman–Crippen MR) is 34.7 cm³/mol. The van der Waals surface area contributed by atoms with E-state index in [2.05, 4.69) is 32.7 Å². The second-order valence-electron chi connectivity index (χ2n) is 0.957. The Morgan fingerprint density at radius 1 is 1.12 bits per heavy atom. The number of hydrogen-bond acceptors (Lipinski definition) is 0. The van der Waals surface area contributed by atoms with Crippen LogP contribution in [0.1, 0.15) is 12.8 Å². The summed E-state index contributed by atoms with van der Waals surface area (Å²) >= 11 is 0. The molecule has 0 aromatic heterocycles. The van der Waals surface area contributed by atoms with Crippen molar-refractivity contribution in [3.63, 3.8) is 0 Å². The van der Waals surface area contributed by atoms with Gasteiger partial charge in [0.1, 0.15) is 0 Å². The Morgan fingerprint density at radius 3 is 1.25 bits per heavy atom. The molecule has 0 saturated carbocycles. The Hall–Kier alpha value is 0.0525. The monoisotopic (exact) mass is 148 g/mol. The van der Waals surface area contributed by atoms with E-state index in [-0.39, 0.29) is 17.4 Å². The van der Waals surface area contributed by atoms with Crippen LogP contribution in [0.4, 0.5) is 0 Å². The molecule has 8 heavy (non-hydrogen) atoms. The zero-order valence-corrected chi connectivity index (χ0v) is 6.43. The molecule has 0 heterocycles. The molecule has 1 heteroatoms. The molecule has 0 atom stereocenters. The third kappa shape index (κ3) is 139. The van der Waals surface area contributed by atoms with Crippen molar-refractivity contribution in [3.8, 4) is 0 Å². The van der Waals surface area contributed by atoms with Crippen molar-refractivity contribution >= 4 is 0 Å². The van der Waals surface area contributed by atoms with E-state index in [0.29, 0.717) is 0 Å². The molecular weight excluding hydrogens is 136 g/mol. The zero-order valence-electron chi connectivity index (χ0n) is 5.15. The summed E-state index contributed by atoms with van der Waals surface area (Å²) in [5, 5.41) is 0. The summed E-state index contributed by atoms with van der Waals surface area (Å²) in [4.78, 5) is 0. The molecule has 0 aliphatic rings. The van der Waals surface area contributed by atoms with Crippen LogP contribution in [0.25, 0.3) is 0 Å². The Morgan fingerprint density at radius 2 is 1.25 bits per heavy atom. The molecule has 0 amide bonds. The van der Waals surface area contributed by atoms with E-state index in [4.69, 9.17) is 0 Å². The van der Waals surface area contributed by atoms with Crippen molar-refractivity contribution in [1.29, 1.82) is 0 Å². The van der Waals surface area contributed by atoms with E-state index in [1.165, 1.54) is 0 Å². The van der Waals surface area contributed by atoms with E-state index in [1.807, 2.05) is 0 Å². The van der Waals surface area contributed by atoms with E-state index < -0.39 is 0 Å². The maximum atomic E-state index is 3.54. The molecule has 0 aliphatic heterocycles. The Bertz CT molecular complexity index is 40.3. The summed E-state index contributed by atoms with van der Waals surface area (Å²) in [6.07, 6.45) is 1.92. The number of unbranched alkanes of at least 4 members (excludes halogenated alkanes) is 1. The van der Waals surface area contributed by atoms with Gasteiger partial charge in [0.25, 0.3) is 0 Å². The van der Waals surface area contributed by atoms with E-state index >= 15 is 0 Å². The fourth-order valence-corrected chi connectivity index (χ4v) is 0. The number of hydrogen-bond donors (Lipinski definition) is 0. The minimum Gasteiger partial charge on any atom is -0.346 e. The first-order chi connectivity index (χ1) is 3.33. The standard InChI is InChI=1S/C4H8.C3H4.Cr/c1-3-4-2;1-3-2;/h1-4H2;1-2H2;/q-2;;+2. The van der Waals surface area contributed by atoms with Gasteiger partial charge in [0.05, 0.1) is 0 Å². The Kier molecular flexibility index (Phi) is 54.4. The smallest absolute Gasteiger partial charge is 0.346 e. The van der Waals surface area contributed by atoms with Gasteiger partial charge in [-0.25, -0.2) is 12.8 Å². The molecule has 0 saturated heterocycles.